The fraction of sp³-hybridized carbons (Fsp3) is 0.733. The monoisotopic (exact) mass is 292 g/mol. The standard InChI is InChI=1S/C15H20N2O4/c1-3-7(4-2)17-14(20)10-5-8-9(6-11(10)15(17)21)13(19)16-12(8)18/h7-11H,3-6H2,1-2H3,(H,16,18,19). The van der Waals surface area contributed by atoms with Gasteiger partial charge in [-0.3, -0.25) is 29.4 Å². The van der Waals surface area contributed by atoms with E-state index in [9.17, 15) is 19.2 Å². The number of fused-ring (bicyclic) bond motifs is 2. The van der Waals surface area contributed by atoms with Crippen LogP contribution in [0.5, 0.6) is 0 Å². The molecule has 4 amide bonds. The van der Waals surface area contributed by atoms with E-state index in [-0.39, 0.29) is 29.7 Å². The van der Waals surface area contributed by atoms with Gasteiger partial charge in [-0.1, -0.05) is 13.8 Å². The Kier molecular flexibility index (Phi) is 3.34. The van der Waals surface area contributed by atoms with E-state index >= 15 is 0 Å². The minimum atomic E-state index is -0.433. The van der Waals surface area contributed by atoms with E-state index < -0.39 is 23.7 Å². The number of rotatable bonds is 3. The molecule has 0 aromatic heterocycles. The first-order chi connectivity index (χ1) is 9.99. The van der Waals surface area contributed by atoms with E-state index in [4.69, 9.17) is 0 Å². The molecule has 4 unspecified atom stereocenters. The van der Waals surface area contributed by atoms with Gasteiger partial charge in [0.15, 0.2) is 0 Å². The van der Waals surface area contributed by atoms with Crippen molar-refractivity contribution < 1.29 is 19.2 Å². The average Bonchev–Trinajstić information content (AvgIpc) is 2.88. The number of hydrogen-bond acceptors (Lipinski definition) is 4. The molecule has 6 nitrogen and oxygen atoms in total. The Morgan fingerprint density at radius 2 is 1.33 bits per heavy atom. The third-order valence-electron chi connectivity index (χ3n) is 5.32. The van der Waals surface area contributed by atoms with Gasteiger partial charge in [0, 0.05) is 6.04 Å². The lowest BCUT2D eigenvalue weighted by atomic mass is 9.70. The number of imide groups is 2. The van der Waals surface area contributed by atoms with Crippen molar-refractivity contribution in [3.05, 3.63) is 0 Å². The van der Waals surface area contributed by atoms with Gasteiger partial charge in [0.05, 0.1) is 23.7 Å². The van der Waals surface area contributed by atoms with E-state index in [1.165, 1.54) is 4.90 Å². The van der Waals surface area contributed by atoms with Crippen LogP contribution in [0.25, 0.3) is 0 Å². The van der Waals surface area contributed by atoms with Crippen LogP contribution in [0.3, 0.4) is 0 Å². The van der Waals surface area contributed by atoms with Crippen LogP contribution in [0, 0.1) is 23.7 Å². The molecule has 3 aliphatic rings. The molecule has 3 rings (SSSR count). The number of hydrogen-bond donors (Lipinski definition) is 1. The first kappa shape index (κ1) is 14.2. The second-order valence-electron chi connectivity index (χ2n) is 6.27. The van der Waals surface area contributed by atoms with Gasteiger partial charge in [0.25, 0.3) is 0 Å². The Balaban J connectivity index is 1.88. The normalized spacial score (nSPS) is 35.3. The van der Waals surface area contributed by atoms with E-state index in [2.05, 4.69) is 5.32 Å². The Morgan fingerprint density at radius 1 is 0.905 bits per heavy atom. The largest absolute Gasteiger partial charge is 0.296 e. The second kappa shape index (κ2) is 4.93. The van der Waals surface area contributed by atoms with Crippen LogP contribution >= 0.6 is 0 Å². The summed E-state index contributed by atoms with van der Waals surface area (Å²) in [5.41, 5.74) is 0. The first-order valence-electron chi connectivity index (χ1n) is 7.71. The van der Waals surface area contributed by atoms with Crippen molar-refractivity contribution in [1.82, 2.24) is 10.2 Å². The summed E-state index contributed by atoms with van der Waals surface area (Å²) >= 11 is 0. The van der Waals surface area contributed by atoms with Crippen LogP contribution in [-0.2, 0) is 19.2 Å². The van der Waals surface area contributed by atoms with Crippen LogP contribution in [0.1, 0.15) is 39.5 Å². The van der Waals surface area contributed by atoms with Gasteiger partial charge < -0.3 is 0 Å². The average molecular weight is 292 g/mol. The highest BCUT2D eigenvalue weighted by Crippen LogP contribution is 2.46. The maximum Gasteiger partial charge on any atom is 0.233 e. The molecule has 3 fully saturated rings. The van der Waals surface area contributed by atoms with E-state index in [0.29, 0.717) is 12.8 Å². The molecule has 0 bridgehead atoms. The summed E-state index contributed by atoms with van der Waals surface area (Å²) in [4.78, 5) is 50.1. The lowest BCUT2D eigenvalue weighted by Crippen LogP contribution is -2.40. The van der Waals surface area contributed by atoms with Crippen molar-refractivity contribution in [3.63, 3.8) is 0 Å². The van der Waals surface area contributed by atoms with Crippen molar-refractivity contribution in [2.75, 3.05) is 0 Å². The molecule has 0 aromatic rings. The topological polar surface area (TPSA) is 83.6 Å². The molecule has 21 heavy (non-hydrogen) atoms. The molecule has 2 heterocycles. The number of carbonyl (C=O) groups excluding carboxylic acids is 4. The predicted molar refractivity (Wildman–Crippen MR) is 72.6 cm³/mol. The lowest BCUT2D eigenvalue weighted by molar-refractivity contribution is -0.142. The van der Waals surface area contributed by atoms with Crippen molar-refractivity contribution in [2.45, 2.75) is 45.6 Å². The van der Waals surface area contributed by atoms with Gasteiger partial charge in [-0.25, -0.2) is 0 Å². The van der Waals surface area contributed by atoms with Gasteiger partial charge >= 0.3 is 0 Å². The highest BCUT2D eigenvalue weighted by Gasteiger charge is 2.58. The fourth-order valence-corrected chi connectivity index (χ4v) is 4.12. The second-order valence-corrected chi connectivity index (χ2v) is 6.27. The number of nitrogens with one attached hydrogen (secondary N) is 1. The zero-order valence-electron chi connectivity index (χ0n) is 12.3. The smallest absolute Gasteiger partial charge is 0.233 e. The number of amides is 4. The molecule has 114 valence electrons. The Morgan fingerprint density at radius 3 is 1.71 bits per heavy atom. The minimum Gasteiger partial charge on any atom is -0.296 e. The minimum absolute atomic E-state index is 0.0695. The number of nitrogens with zero attached hydrogens (tertiary/aromatic N) is 1. The zero-order chi connectivity index (χ0) is 15.3. The van der Waals surface area contributed by atoms with Crippen molar-refractivity contribution in [1.29, 1.82) is 0 Å². The molecule has 4 atom stereocenters. The van der Waals surface area contributed by atoms with Gasteiger partial charge in [-0.05, 0) is 25.7 Å². The summed E-state index contributed by atoms with van der Waals surface area (Å²) in [6.45, 7) is 3.92. The molecule has 1 saturated carbocycles. The van der Waals surface area contributed by atoms with Crippen molar-refractivity contribution in [3.8, 4) is 0 Å². The van der Waals surface area contributed by atoms with Crippen molar-refractivity contribution >= 4 is 23.6 Å². The van der Waals surface area contributed by atoms with Crippen LogP contribution in [-0.4, -0.2) is 34.6 Å². The molecule has 1 N–H and O–H groups in total. The van der Waals surface area contributed by atoms with Crippen LogP contribution < -0.4 is 5.32 Å². The fourth-order valence-electron chi connectivity index (χ4n) is 4.12. The summed E-state index contributed by atoms with van der Waals surface area (Å²) in [7, 11) is 0. The van der Waals surface area contributed by atoms with Crippen LogP contribution in [0.2, 0.25) is 0 Å². The molecular formula is C15H20N2O4. The van der Waals surface area contributed by atoms with E-state index in [1.54, 1.807) is 0 Å². The molecule has 2 aliphatic heterocycles. The SMILES string of the molecule is CCC(CC)N1C(=O)C2CC3C(=O)NC(=O)C3CC2C1=O. The van der Waals surface area contributed by atoms with Crippen LogP contribution in [0.4, 0.5) is 0 Å². The maximum absolute atomic E-state index is 12.6. The predicted octanol–water partition coefficient (Wildman–Crippen LogP) is 0.459. The third kappa shape index (κ3) is 1.92. The highest BCUT2D eigenvalue weighted by atomic mass is 16.2. The lowest BCUT2D eigenvalue weighted by Gasteiger charge is -2.28. The van der Waals surface area contributed by atoms with Gasteiger partial charge in [-0.2, -0.15) is 0 Å². The quantitative estimate of drug-likeness (QED) is 0.766. The molecule has 6 heteroatoms. The summed E-state index contributed by atoms with van der Waals surface area (Å²) in [6, 6.07) is -0.0695. The number of carbonyl (C=O) groups is 4. The van der Waals surface area contributed by atoms with Gasteiger partial charge in [-0.15, -0.1) is 0 Å². The molecule has 0 aromatic carbocycles. The van der Waals surface area contributed by atoms with Gasteiger partial charge in [0.2, 0.25) is 23.6 Å². The molecule has 0 spiro atoms. The Hall–Kier alpha value is -1.72. The third-order valence-corrected chi connectivity index (χ3v) is 5.32. The summed E-state index contributed by atoms with van der Waals surface area (Å²) in [6.07, 6.45) is 2.13. The molecular weight excluding hydrogens is 272 g/mol. The summed E-state index contributed by atoms with van der Waals surface area (Å²) in [5, 5.41) is 2.32. The highest BCUT2D eigenvalue weighted by molar-refractivity contribution is 6.09. The van der Waals surface area contributed by atoms with E-state index in [1.807, 2.05) is 13.8 Å². The van der Waals surface area contributed by atoms with Crippen LogP contribution in [0.15, 0.2) is 0 Å². The molecule has 0 radical (unpaired) electrons. The summed E-state index contributed by atoms with van der Waals surface area (Å²) < 4.78 is 0. The van der Waals surface area contributed by atoms with Crippen molar-refractivity contribution in [2.24, 2.45) is 23.7 Å². The summed E-state index contributed by atoms with van der Waals surface area (Å²) in [5.74, 6) is -2.58. The Bertz CT molecular complexity index is 486. The van der Waals surface area contributed by atoms with Gasteiger partial charge in [0.1, 0.15) is 0 Å². The molecule has 1 aliphatic carbocycles. The first-order valence-corrected chi connectivity index (χ1v) is 7.71. The Labute approximate surface area is 123 Å². The number of likely N-dealkylation sites (tertiary alicyclic amines) is 1. The zero-order valence-corrected chi connectivity index (χ0v) is 12.3. The molecule has 2 saturated heterocycles. The van der Waals surface area contributed by atoms with E-state index in [0.717, 1.165) is 12.8 Å². The maximum atomic E-state index is 12.6.